The molecule has 0 bridgehead atoms. The summed E-state index contributed by atoms with van der Waals surface area (Å²) in [6.45, 7) is 0.646. The molecule has 1 aliphatic heterocycles. The average molecular weight is 313 g/mol. The Morgan fingerprint density at radius 3 is 2.78 bits per heavy atom. The molecule has 1 aliphatic carbocycles. The second-order valence-electron chi connectivity index (χ2n) is 4.75. The van der Waals surface area contributed by atoms with Crippen LogP contribution in [0.1, 0.15) is 30.4 Å². The molecule has 1 N–H and O–H groups in total. The van der Waals surface area contributed by atoms with Gasteiger partial charge in [-0.25, -0.2) is 0 Å². The van der Waals surface area contributed by atoms with Crippen molar-refractivity contribution in [2.75, 3.05) is 6.79 Å². The highest BCUT2D eigenvalue weighted by Gasteiger charge is 2.49. The third-order valence-electron chi connectivity index (χ3n) is 3.86. The van der Waals surface area contributed by atoms with E-state index in [1.165, 1.54) is 0 Å². The number of rotatable bonds is 2. The van der Waals surface area contributed by atoms with Crippen molar-refractivity contribution < 1.29 is 19.4 Å². The number of carboxylic acids is 1. The van der Waals surface area contributed by atoms with Gasteiger partial charge in [0.25, 0.3) is 0 Å². The van der Waals surface area contributed by atoms with Crippen LogP contribution in [-0.4, -0.2) is 17.9 Å². The minimum atomic E-state index is -0.770. The zero-order valence-electron chi connectivity index (χ0n) is 9.74. The van der Waals surface area contributed by atoms with E-state index >= 15 is 0 Å². The number of fused-ring (bicyclic) bond motifs is 1. The molecule has 1 aromatic carbocycles. The van der Waals surface area contributed by atoms with E-state index in [9.17, 15) is 9.90 Å². The smallest absolute Gasteiger partial charge is 0.314 e. The van der Waals surface area contributed by atoms with E-state index in [4.69, 9.17) is 9.47 Å². The Labute approximate surface area is 113 Å². The van der Waals surface area contributed by atoms with Crippen molar-refractivity contribution in [2.45, 2.75) is 31.3 Å². The molecular formula is C13H13BrO4. The molecule has 0 saturated heterocycles. The lowest BCUT2D eigenvalue weighted by molar-refractivity contribution is -0.147. The fourth-order valence-corrected chi connectivity index (χ4v) is 3.50. The average Bonchev–Trinajstić information content (AvgIpc) is 2.30. The Bertz CT molecular complexity index is 508. The number of carboxylic acid groups (broad SMARTS) is 1. The highest BCUT2D eigenvalue weighted by atomic mass is 79.9. The van der Waals surface area contributed by atoms with Gasteiger partial charge >= 0.3 is 5.97 Å². The number of benzene rings is 1. The van der Waals surface area contributed by atoms with Gasteiger partial charge in [0, 0.05) is 10.0 Å². The minimum absolute atomic E-state index is 0.230. The summed E-state index contributed by atoms with van der Waals surface area (Å²) >= 11 is 3.48. The Kier molecular flexibility index (Phi) is 2.83. The van der Waals surface area contributed by atoms with E-state index in [0.717, 1.165) is 27.8 Å². The summed E-state index contributed by atoms with van der Waals surface area (Å²) in [5.74, 6) is -0.0135. The molecule has 18 heavy (non-hydrogen) atoms. The maximum absolute atomic E-state index is 11.6. The Morgan fingerprint density at radius 2 is 2.17 bits per heavy atom. The third-order valence-corrected chi connectivity index (χ3v) is 4.52. The van der Waals surface area contributed by atoms with Gasteiger partial charge < -0.3 is 14.6 Å². The number of halogens is 1. The van der Waals surface area contributed by atoms with E-state index in [-0.39, 0.29) is 6.79 Å². The summed E-state index contributed by atoms with van der Waals surface area (Å²) in [5.41, 5.74) is 0.935. The zero-order valence-corrected chi connectivity index (χ0v) is 11.3. The Morgan fingerprint density at radius 1 is 1.39 bits per heavy atom. The quantitative estimate of drug-likeness (QED) is 0.912. The van der Waals surface area contributed by atoms with E-state index in [0.29, 0.717) is 19.4 Å². The van der Waals surface area contributed by atoms with Gasteiger partial charge in [0.1, 0.15) is 5.75 Å². The molecule has 0 aromatic heterocycles. The predicted molar refractivity (Wildman–Crippen MR) is 67.6 cm³/mol. The number of carbonyl (C=O) groups is 1. The fraction of sp³-hybridized carbons (Fsp3) is 0.462. The topological polar surface area (TPSA) is 55.8 Å². The standard InChI is InChI=1S/C13H13BrO4/c14-9-2-3-10-8(6-17-7-18-10)11(9)13(12(15)16)4-1-5-13/h2-3H,1,4-7H2,(H,15,16). The molecule has 96 valence electrons. The van der Waals surface area contributed by atoms with Gasteiger partial charge in [0.2, 0.25) is 0 Å². The van der Waals surface area contributed by atoms with Crippen molar-refractivity contribution in [2.24, 2.45) is 0 Å². The second kappa shape index (κ2) is 4.24. The lowest BCUT2D eigenvalue weighted by atomic mass is 9.63. The van der Waals surface area contributed by atoms with Crippen LogP contribution in [0.3, 0.4) is 0 Å². The van der Waals surface area contributed by atoms with Crippen LogP contribution in [-0.2, 0) is 21.6 Å². The molecular weight excluding hydrogens is 300 g/mol. The molecule has 1 fully saturated rings. The van der Waals surface area contributed by atoms with Crippen molar-refractivity contribution in [3.63, 3.8) is 0 Å². The van der Waals surface area contributed by atoms with Gasteiger partial charge in [-0.3, -0.25) is 4.79 Å². The summed E-state index contributed by atoms with van der Waals surface area (Å²) in [5, 5.41) is 9.56. The molecule has 1 saturated carbocycles. The van der Waals surface area contributed by atoms with Crippen LogP contribution in [0.15, 0.2) is 16.6 Å². The van der Waals surface area contributed by atoms with Gasteiger partial charge in [-0.15, -0.1) is 0 Å². The number of ether oxygens (including phenoxy) is 2. The van der Waals surface area contributed by atoms with E-state index < -0.39 is 11.4 Å². The molecule has 2 aliphatic rings. The summed E-state index contributed by atoms with van der Waals surface area (Å²) in [6.07, 6.45) is 2.30. The lowest BCUT2D eigenvalue weighted by Gasteiger charge is -2.40. The van der Waals surface area contributed by atoms with E-state index in [1.54, 1.807) is 0 Å². The van der Waals surface area contributed by atoms with Crippen molar-refractivity contribution in [3.8, 4) is 5.75 Å². The first-order valence-corrected chi connectivity index (χ1v) is 6.70. The first-order valence-electron chi connectivity index (χ1n) is 5.91. The molecule has 0 spiro atoms. The summed E-state index contributed by atoms with van der Waals surface area (Å²) in [4.78, 5) is 11.6. The van der Waals surface area contributed by atoms with Crippen LogP contribution in [0.5, 0.6) is 5.75 Å². The van der Waals surface area contributed by atoms with Crippen LogP contribution >= 0.6 is 15.9 Å². The van der Waals surface area contributed by atoms with Crippen LogP contribution in [0, 0.1) is 0 Å². The molecule has 0 unspecified atom stereocenters. The largest absolute Gasteiger partial charge is 0.481 e. The third kappa shape index (κ3) is 1.57. The molecule has 5 heteroatoms. The first kappa shape index (κ1) is 12.0. The van der Waals surface area contributed by atoms with Crippen molar-refractivity contribution in [1.82, 2.24) is 0 Å². The normalized spacial score (nSPS) is 20.5. The fourth-order valence-electron chi connectivity index (χ4n) is 2.75. The zero-order chi connectivity index (χ0) is 12.8. The SMILES string of the molecule is O=C(O)C1(c2c(Br)ccc3c2COCO3)CCC1. The van der Waals surface area contributed by atoms with Crippen LogP contribution in [0.2, 0.25) is 0 Å². The van der Waals surface area contributed by atoms with Gasteiger partial charge in [-0.05, 0) is 30.5 Å². The monoisotopic (exact) mass is 312 g/mol. The summed E-state index contributed by atoms with van der Waals surface area (Å²) in [6, 6.07) is 3.72. The lowest BCUT2D eigenvalue weighted by Crippen LogP contribution is -2.43. The molecule has 3 rings (SSSR count). The summed E-state index contributed by atoms with van der Waals surface area (Å²) in [7, 11) is 0. The number of aliphatic carboxylic acids is 1. The molecule has 1 heterocycles. The van der Waals surface area contributed by atoms with Gasteiger partial charge in [-0.1, -0.05) is 22.4 Å². The predicted octanol–water partition coefficient (Wildman–Crippen LogP) is 2.82. The van der Waals surface area contributed by atoms with Gasteiger partial charge in [0.05, 0.1) is 12.0 Å². The number of hydrogen-bond donors (Lipinski definition) is 1. The van der Waals surface area contributed by atoms with Crippen LogP contribution in [0.25, 0.3) is 0 Å². The van der Waals surface area contributed by atoms with Crippen molar-refractivity contribution in [1.29, 1.82) is 0 Å². The molecule has 0 atom stereocenters. The highest BCUT2D eigenvalue weighted by molar-refractivity contribution is 9.10. The maximum Gasteiger partial charge on any atom is 0.314 e. The van der Waals surface area contributed by atoms with Crippen molar-refractivity contribution >= 4 is 21.9 Å². The van der Waals surface area contributed by atoms with Crippen molar-refractivity contribution in [3.05, 3.63) is 27.7 Å². The molecule has 1 aromatic rings. The van der Waals surface area contributed by atoms with Gasteiger partial charge in [0.15, 0.2) is 6.79 Å². The van der Waals surface area contributed by atoms with Crippen LogP contribution in [0.4, 0.5) is 0 Å². The van der Waals surface area contributed by atoms with Crippen LogP contribution < -0.4 is 4.74 Å². The minimum Gasteiger partial charge on any atom is -0.481 e. The molecule has 0 radical (unpaired) electrons. The van der Waals surface area contributed by atoms with E-state index in [1.807, 2.05) is 12.1 Å². The highest BCUT2D eigenvalue weighted by Crippen LogP contribution is 2.50. The van der Waals surface area contributed by atoms with Gasteiger partial charge in [-0.2, -0.15) is 0 Å². The summed E-state index contributed by atoms with van der Waals surface area (Å²) < 4.78 is 11.6. The Balaban J connectivity index is 2.18. The second-order valence-corrected chi connectivity index (χ2v) is 5.60. The van der Waals surface area contributed by atoms with E-state index in [2.05, 4.69) is 15.9 Å². The first-order chi connectivity index (χ1) is 8.65. The molecule has 4 nitrogen and oxygen atoms in total. The Hall–Kier alpha value is -1.07. The number of hydrogen-bond acceptors (Lipinski definition) is 3. The molecule has 0 amide bonds. The maximum atomic E-state index is 11.6.